The first kappa shape index (κ1) is 14.9. The van der Waals surface area contributed by atoms with Crippen LogP contribution in [0, 0.1) is 0 Å². The van der Waals surface area contributed by atoms with Gasteiger partial charge in [0.05, 0.1) is 5.69 Å². The summed E-state index contributed by atoms with van der Waals surface area (Å²) in [6, 6.07) is 3.85. The number of thiocarbonyl (C=S) groups is 1. The molecule has 1 rings (SSSR count). The zero-order chi connectivity index (χ0) is 13.2. The predicted molar refractivity (Wildman–Crippen MR) is 82.0 cm³/mol. The average Bonchev–Trinajstić information content (AvgIpc) is 2.38. The van der Waals surface area contributed by atoms with Gasteiger partial charge >= 0.3 is 0 Å². The van der Waals surface area contributed by atoms with Gasteiger partial charge in [0.2, 0.25) is 0 Å². The molecule has 1 aromatic rings. The molecule has 0 fully saturated rings. The summed E-state index contributed by atoms with van der Waals surface area (Å²) in [7, 11) is 0. The summed E-state index contributed by atoms with van der Waals surface area (Å²) in [5.74, 6) is 0. The molecular weight excluding hydrogens is 242 g/mol. The molecule has 0 aliphatic heterocycles. The Hall–Kier alpha value is -1.16. The first-order chi connectivity index (χ1) is 8.74. The maximum Gasteiger partial charge on any atom is 0.122 e. The summed E-state index contributed by atoms with van der Waals surface area (Å²) in [6.07, 6.45) is 9.58. The minimum Gasteiger partial charge on any atom is -0.388 e. The lowest BCUT2D eigenvalue weighted by Crippen LogP contribution is -2.12. The molecule has 0 aliphatic rings. The van der Waals surface area contributed by atoms with Crippen LogP contribution >= 0.6 is 12.2 Å². The highest BCUT2D eigenvalue weighted by Crippen LogP contribution is 2.09. The summed E-state index contributed by atoms with van der Waals surface area (Å²) in [5.41, 5.74) is 7.27. The minimum atomic E-state index is 0.346. The van der Waals surface area contributed by atoms with Crippen LogP contribution in [-0.2, 0) is 0 Å². The van der Waals surface area contributed by atoms with Gasteiger partial charge in [0.15, 0.2) is 0 Å². The Labute approximate surface area is 115 Å². The average molecular weight is 265 g/mol. The van der Waals surface area contributed by atoms with Crippen molar-refractivity contribution in [3.05, 3.63) is 24.0 Å². The molecule has 0 amide bonds. The molecule has 0 saturated heterocycles. The van der Waals surface area contributed by atoms with Crippen LogP contribution in [0.25, 0.3) is 0 Å². The Morgan fingerprint density at radius 2 is 2.00 bits per heavy atom. The molecular formula is C14H23N3S. The first-order valence-electron chi connectivity index (χ1n) is 6.73. The van der Waals surface area contributed by atoms with Gasteiger partial charge in [-0.2, -0.15) is 0 Å². The molecule has 3 N–H and O–H groups in total. The molecule has 0 aromatic carbocycles. The predicted octanol–water partition coefficient (Wildman–Crippen LogP) is 3.49. The van der Waals surface area contributed by atoms with Crippen LogP contribution in [0.15, 0.2) is 18.3 Å². The van der Waals surface area contributed by atoms with E-state index in [-0.39, 0.29) is 0 Å². The molecule has 0 radical (unpaired) electrons. The lowest BCUT2D eigenvalue weighted by Gasteiger charge is -2.07. The number of pyridine rings is 1. The number of rotatable bonds is 9. The standard InChI is InChI=1S/C14H23N3S/c1-2-3-4-5-6-7-9-16-12-8-10-17-13(11-12)14(15)18/h8,10-11H,2-7,9H2,1H3,(H2,15,18)(H,16,17). The number of hydrogen-bond donors (Lipinski definition) is 2. The highest BCUT2D eigenvalue weighted by molar-refractivity contribution is 7.80. The number of nitrogens with two attached hydrogens (primary N) is 1. The quantitative estimate of drug-likeness (QED) is 0.530. The summed E-state index contributed by atoms with van der Waals surface area (Å²) in [5, 5.41) is 3.38. The Balaban J connectivity index is 2.19. The van der Waals surface area contributed by atoms with E-state index in [1.54, 1.807) is 6.20 Å². The summed E-state index contributed by atoms with van der Waals surface area (Å²) < 4.78 is 0. The maximum atomic E-state index is 5.55. The molecule has 1 heterocycles. The first-order valence-corrected chi connectivity index (χ1v) is 7.14. The van der Waals surface area contributed by atoms with Crippen molar-refractivity contribution >= 4 is 22.9 Å². The number of aromatic nitrogens is 1. The van der Waals surface area contributed by atoms with E-state index in [0.29, 0.717) is 10.7 Å². The van der Waals surface area contributed by atoms with Crippen molar-refractivity contribution < 1.29 is 0 Å². The number of nitrogens with one attached hydrogen (secondary N) is 1. The molecule has 0 atom stereocenters. The van der Waals surface area contributed by atoms with Crippen LogP contribution in [-0.4, -0.2) is 16.5 Å². The van der Waals surface area contributed by atoms with E-state index in [2.05, 4.69) is 17.2 Å². The van der Waals surface area contributed by atoms with Gasteiger partial charge < -0.3 is 11.1 Å². The highest BCUT2D eigenvalue weighted by Gasteiger charge is 1.99. The van der Waals surface area contributed by atoms with E-state index >= 15 is 0 Å². The zero-order valence-electron chi connectivity index (χ0n) is 11.1. The van der Waals surface area contributed by atoms with Gasteiger partial charge in [0, 0.05) is 18.4 Å². The third-order valence-corrected chi connectivity index (χ3v) is 3.08. The second-order valence-electron chi connectivity index (χ2n) is 4.49. The number of anilines is 1. The van der Waals surface area contributed by atoms with Crippen molar-refractivity contribution in [1.29, 1.82) is 0 Å². The van der Waals surface area contributed by atoms with E-state index < -0.39 is 0 Å². The number of nitrogens with zero attached hydrogens (tertiary/aromatic N) is 1. The smallest absolute Gasteiger partial charge is 0.122 e. The Bertz CT molecular complexity index is 366. The monoisotopic (exact) mass is 265 g/mol. The van der Waals surface area contributed by atoms with Crippen molar-refractivity contribution in [2.24, 2.45) is 5.73 Å². The third kappa shape index (κ3) is 5.96. The largest absolute Gasteiger partial charge is 0.388 e. The maximum absolute atomic E-state index is 5.55. The Morgan fingerprint density at radius 1 is 1.28 bits per heavy atom. The molecule has 3 nitrogen and oxygen atoms in total. The van der Waals surface area contributed by atoms with Crippen molar-refractivity contribution in [3.63, 3.8) is 0 Å². The Kier molecular flexibility index (Phi) is 7.34. The lowest BCUT2D eigenvalue weighted by molar-refractivity contribution is 0.617. The van der Waals surface area contributed by atoms with Crippen LogP contribution < -0.4 is 11.1 Å². The van der Waals surface area contributed by atoms with Gasteiger partial charge in [-0.3, -0.25) is 4.98 Å². The normalized spacial score (nSPS) is 10.3. The SMILES string of the molecule is CCCCCCCCNc1ccnc(C(N)=S)c1. The second kappa shape index (κ2) is 8.86. The molecule has 0 unspecified atom stereocenters. The van der Waals surface area contributed by atoms with Crippen molar-refractivity contribution in [3.8, 4) is 0 Å². The van der Waals surface area contributed by atoms with Crippen LogP contribution in [0.4, 0.5) is 5.69 Å². The summed E-state index contributed by atoms with van der Waals surface area (Å²) in [6.45, 7) is 3.23. The lowest BCUT2D eigenvalue weighted by atomic mass is 10.1. The van der Waals surface area contributed by atoms with Gasteiger partial charge in [-0.25, -0.2) is 0 Å². The van der Waals surface area contributed by atoms with Gasteiger partial charge in [0.25, 0.3) is 0 Å². The fourth-order valence-corrected chi connectivity index (χ4v) is 1.92. The van der Waals surface area contributed by atoms with Crippen molar-refractivity contribution in [2.75, 3.05) is 11.9 Å². The fraction of sp³-hybridized carbons (Fsp3) is 0.571. The molecule has 0 aliphatic carbocycles. The fourth-order valence-electron chi connectivity index (χ4n) is 1.81. The van der Waals surface area contributed by atoms with Crippen LogP contribution in [0.1, 0.15) is 51.1 Å². The van der Waals surface area contributed by atoms with E-state index in [0.717, 1.165) is 12.2 Å². The molecule has 100 valence electrons. The highest BCUT2D eigenvalue weighted by atomic mass is 32.1. The van der Waals surface area contributed by atoms with Gasteiger partial charge in [0.1, 0.15) is 4.99 Å². The minimum absolute atomic E-state index is 0.346. The third-order valence-electron chi connectivity index (χ3n) is 2.87. The topological polar surface area (TPSA) is 50.9 Å². The van der Waals surface area contributed by atoms with Crippen LogP contribution in [0.3, 0.4) is 0 Å². The van der Waals surface area contributed by atoms with Crippen LogP contribution in [0.5, 0.6) is 0 Å². The zero-order valence-corrected chi connectivity index (χ0v) is 11.9. The molecule has 0 saturated carbocycles. The molecule has 4 heteroatoms. The number of hydrogen-bond acceptors (Lipinski definition) is 3. The van der Waals surface area contributed by atoms with Gasteiger partial charge in [-0.15, -0.1) is 0 Å². The molecule has 18 heavy (non-hydrogen) atoms. The van der Waals surface area contributed by atoms with Gasteiger partial charge in [-0.1, -0.05) is 51.2 Å². The molecule has 1 aromatic heterocycles. The summed E-state index contributed by atoms with van der Waals surface area (Å²) in [4.78, 5) is 4.46. The van der Waals surface area contributed by atoms with Crippen LogP contribution in [0.2, 0.25) is 0 Å². The van der Waals surface area contributed by atoms with Crippen molar-refractivity contribution in [1.82, 2.24) is 4.98 Å². The molecule has 0 bridgehead atoms. The number of unbranched alkanes of at least 4 members (excludes halogenated alkanes) is 5. The van der Waals surface area contributed by atoms with Gasteiger partial charge in [-0.05, 0) is 18.6 Å². The van der Waals surface area contributed by atoms with E-state index in [9.17, 15) is 0 Å². The van der Waals surface area contributed by atoms with E-state index in [1.165, 1.54) is 38.5 Å². The Morgan fingerprint density at radius 3 is 2.72 bits per heavy atom. The van der Waals surface area contributed by atoms with Crippen molar-refractivity contribution in [2.45, 2.75) is 45.4 Å². The van der Waals surface area contributed by atoms with E-state index in [4.69, 9.17) is 18.0 Å². The van der Waals surface area contributed by atoms with E-state index in [1.807, 2.05) is 12.1 Å². The summed E-state index contributed by atoms with van der Waals surface area (Å²) >= 11 is 4.90. The molecule has 0 spiro atoms. The second-order valence-corrected chi connectivity index (χ2v) is 4.93.